The van der Waals surface area contributed by atoms with Crippen LogP contribution in [0.4, 0.5) is 5.69 Å². The molecule has 6 rings (SSSR count). The van der Waals surface area contributed by atoms with Gasteiger partial charge in [0.15, 0.2) is 23.0 Å². The van der Waals surface area contributed by atoms with E-state index >= 15 is 0 Å². The van der Waals surface area contributed by atoms with Crippen molar-refractivity contribution in [3.8, 4) is 28.7 Å². The first-order valence-electron chi connectivity index (χ1n) is 11.8. The van der Waals surface area contributed by atoms with Gasteiger partial charge in [0.1, 0.15) is 37.9 Å². The molecule has 0 radical (unpaired) electrons. The van der Waals surface area contributed by atoms with E-state index < -0.39 is 17.7 Å². The van der Waals surface area contributed by atoms with E-state index in [9.17, 15) is 14.7 Å². The van der Waals surface area contributed by atoms with E-state index in [2.05, 4.69) is 0 Å². The lowest BCUT2D eigenvalue weighted by atomic mass is 9.94. The first-order valence-corrected chi connectivity index (χ1v) is 11.8. The van der Waals surface area contributed by atoms with E-state index in [4.69, 9.17) is 23.7 Å². The highest BCUT2D eigenvalue weighted by Crippen LogP contribution is 2.45. The number of hydrogen-bond donors (Lipinski definition) is 1. The van der Waals surface area contributed by atoms with Crippen molar-refractivity contribution in [2.75, 3.05) is 38.4 Å². The van der Waals surface area contributed by atoms with Crippen LogP contribution < -0.4 is 28.6 Å². The molecule has 37 heavy (non-hydrogen) atoms. The van der Waals surface area contributed by atoms with E-state index in [1.165, 1.54) is 12.0 Å². The number of anilines is 1. The van der Waals surface area contributed by atoms with Gasteiger partial charge in [-0.2, -0.15) is 0 Å². The molecule has 1 amide bonds. The fraction of sp³-hybridized carbons (Fsp3) is 0.214. The van der Waals surface area contributed by atoms with Crippen LogP contribution in [-0.2, 0) is 9.59 Å². The Morgan fingerprint density at radius 2 is 1.49 bits per heavy atom. The summed E-state index contributed by atoms with van der Waals surface area (Å²) in [6.07, 6.45) is 0. The van der Waals surface area contributed by atoms with E-state index in [1.807, 2.05) is 0 Å². The highest BCUT2D eigenvalue weighted by atomic mass is 16.6. The van der Waals surface area contributed by atoms with Crippen LogP contribution in [0.15, 0.2) is 66.2 Å². The molecule has 1 fully saturated rings. The van der Waals surface area contributed by atoms with Crippen LogP contribution in [-0.4, -0.2) is 50.3 Å². The highest BCUT2D eigenvalue weighted by Gasteiger charge is 2.47. The van der Waals surface area contributed by atoms with Crippen LogP contribution in [0.5, 0.6) is 28.7 Å². The zero-order chi connectivity index (χ0) is 25.5. The fourth-order valence-corrected chi connectivity index (χ4v) is 4.75. The number of Topliss-reactive ketones (excluding diaryl/α,β-unsaturated/α-hetero) is 1. The Morgan fingerprint density at radius 3 is 2.19 bits per heavy atom. The Balaban J connectivity index is 1.52. The summed E-state index contributed by atoms with van der Waals surface area (Å²) >= 11 is 0. The lowest BCUT2D eigenvalue weighted by Gasteiger charge is -2.27. The highest BCUT2D eigenvalue weighted by molar-refractivity contribution is 6.51. The molecule has 3 aromatic rings. The minimum Gasteiger partial charge on any atom is -0.507 e. The number of ketones is 1. The Morgan fingerprint density at radius 1 is 0.838 bits per heavy atom. The average Bonchev–Trinajstić information content (AvgIpc) is 3.22. The van der Waals surface area contributed by atoms with Crippen LogP contribution >= 0.6 is 0 Å². The number of hydrogen-bond acceptors (Lipinski definition) is 8. The number of aliphatic hydroxyl groups excluding tert-OH is 1. The topological polar surface area (TPSA) is 104 Å². The van der Waals surface area contributed by atoms with Crippen molar-refractivity contribution in [3.63, 3.8) is 0 Å². The first-order chi connectivity index (χ1) is 18.0. The Kier molecular flexibility index (Phi) is 5.60. The van der Waals surface area contributed by atoms with Crippen LogP contribution in [0.25, 0.3) is 5.76 Å². The molecule has 1 atom stereocenters. The summed E-state index contributed by atoms with van der Waals surface area (Å²) < 4.78 is 27.9. The zero-order valence-electron chi connectivity index (χ0n) is 19.9. The minimum atomic E-state index is -0.925. The molecule has 0 bridgehead atoms. The maximum absolute atomic E-state index is 13.5. The van der Waals surface area contributed by atoms with Gasteiger partial charge < -0.3 is 28.8 Å². The number of benzene rings is 3. The van der Waals surface area contributed by atoms with E-state index in [0.717, 1.165) is 0 Å². The Hall–Kier alpha value is -4.66. The number of carbonyl (C=O) groups excluding carboxylic acids is 2. The van der Waals surface area contributed by atoms with Crippen LogP contribution in [0.1, 0.15) is 17.2 Å². The molecule has 188 valence electrons. The maximum atomic E-state index is 13.5. The van der Waals surface area contributed by atoms with Crippen LogP contribution in [0.3, 0.4) is 0 Å². The monoisotopic (exact) mass is 501 g/mol. The van der Waals surface area contributed by atoms with Crippen molar-refractivity contribution in [2.45, 2.75) is 6.04 Å². The van der Waals surface area contributed by atoms with Crippen molar-refractivity contribution in [1.29, 1.82) is 0 Å². The van der Waals surface area contributed by atoms with Gasteiger partial charge in [-0.25, -0.2) is 0 Å². The van der Waals surface area contributed by atoms with Crippen molar-refractivity contribution < 1.29 is 38.4 Å². The lowest BCUT2D eigenvalue weighted by Crippen LogP contribution is -2.29. The van der Waals surface area contributed by atoms with Gasteiger partial charge >= 0.3 is 0 Å². The number of carbonyl (C=O) groups is 2. The lowest BCUT2D eigenvalue weighted by molar-refractivity contribution is -0.132. The molecule has 1 unspecified atom stereocenters. The fourth-order valence-electron chi connectivity index (χ4n) is 4.75. The normalized spacial score (nSPS) is 19.6. The Bertz CT molecular complexity index is 1450. The van der Waals surface area contributed by atoms with Gasteiger partial charge in [-0.05, 0) is 48.0 Å². The van der Waals surface area contributed by atoms with Crippen molar-refractivity contribution >= 4 is 23.1 Å². The Labute approximate surface area is 212 Å². The molecule has 9 heteroatoms. The molecule has 1 N–H and O–H groups in total. The summed E-state index contributed by atoms with van der Waals surface area (Å²) in [5.41, 5.74) is 1.30. The molecule has 1 saturated heterocycles. The zero-order valence-corrected chi connectivity index (χ0v) is 19.9. The molecule has 0 spiro atoms. The number of nitrogens with zero attached hydrogens (tertiary/aromatic N) is 1. The molecule has 3 heterocycles. The summed E-state index contributed by atoms with van der Waals surface area (Å²) in [6, 6.07) is 16.1. The third-order valence-electron chi connectivity index (χ3n) is 6.47. The molecule has 9 nitrogen and oxygen atoms in total. The predicted octanol–water partition coefficient (Wildman–Crippen LogP) is 3.86. The van der Waals surface area contributed by atoms with E-state index in [0.29, 0.717) is 72.0 Å². The second-order valence-electron chi connectivity index (χ2n) is 8.63. The number of rotatable bonds is 4. The SMILES string of the molecule is COc1cccc(C2/C(=C(\O)c3ccc4c(c3)OCCO4)C(=O)C(=O)N2c2ccc3c(c2)OCCO3)c1. The molecule has 0 saturated carbocycles. The molecule has 3 aliphatic heterocycles. The molecule has 3 aliphatic rings. The van der Waals surface area contributed by atoms with Crippen LogP contribution in [0, 0.1) is 0 Å². The van der Waals surface area contributed by atoms with Crippen molar-refractivity contribution in [3.05, 3.63) is 77.4 Å². The largest absolute Gasteiger partial charge is 0.507 e. The summed E-state index contributed by atoms with van der Waals surface area (Å²) in [6.45, 7) is 1.60. The van der Waals surface area contributed by atoms with Gasteiger partial charge in [-0.3, -0.25) is 14.5 Å². The molecule has 3 aromatic carbocycles. The molecule has 0 aliphatic carbocycles. The van der Waals surface area contributed by atoms with E-state index in [1.54, 1.807) is 60.7 Å². The summed E-state index contributed by atoms with van der Waals surface area (Å²) in [5.74, 6) is 0.673. The summed E-state index contributed by atoms with van der Waals surface area (Å²) in [4.78, 5) is 28.3. The number of aliphatic hydroxyl groups is 1. The predicted molar refractivity (Wildman–Crippen MR) is 133 cm³/mol. The van der Waals surface area contributed by atoms with Crippen molar-refractivity contribution in [1.82, 2.24) is 0 Å². The van der Waals surface area contributed by atoms with Gasteiger partial charge in [-0.15, -0.1) is 0 Å². The third kappa shape index (κ3) is 3.88. The second kappa shape index (κ2) is 9.09. The molecular weight excluding hydrogens is 478 g/mol. The van der Waals surface area contributed by atoms with Crippen LogP contribution in [0.2, 0.25) is 0 Å². The number of amides is 1. The molecular formula is C28H23NO8. The number of fused-ring (bicyclic) bond motifs is 2. The smallest absolute Gasteiger partial charge is 0.300 e. The van der Waals surface area contributed by atoms with Gasteiger partial charge in [0.05, 0.1) is 18.7 Å². The summed E-state index contributed by atoms with van der Waals surface area (Å²) in [7, 11) is 1.53. The number of methoxy groups -OCH3 is 1. The van der Waals surface area contributed by atoms with Gasteiger partial charge in [0, 0.05) is 17.3 Å². The van der Waals surface area contributed by atoms with Gasteiger partial charge in [0.2, 0.25) is 0 Å². The van der Waals surface area contributed by atoms with Gasteiger partial charge in [0.25, 0.3) is 11.7 Å². The third-order valence-corrected chi connectivity index (χ3v) is 6.47. The molecule has 0 aromatic heterocycles. The number of ether oxygens (including phenoxy) is 5. The minimum absolute atomic E-state index is 0.0511. The standard InChI is InChI=1S/C28H23NO8/c1-33-19-4-2-3-16(13-19)25-24(26(30)17-5-7-20-22(14-17)36-11-9-34-20)27(31)28(32)29(25)18-6-8-21-23(15-18)37-12-10-35-21/h2-8,13-15,25,30H,9-12H2,1H3/b26-24+. The quantitative estimate of drug-likeness (QED) is 0.327. The second-order valence-corrected chi connectivity index (χ2v) is 8.63. The average molecular weight is 501 g/mol. The first kappa shape index (κ1) is 22.8. The van der Waals surface area contributed by atoms with Gasteiger partial charge in [-0.1, -0.05) is 12.1 Å². The summed E-state index contributed by atoms with van der Waals surface area (Å²) in [5, 5.41) is 11.4. The maximum Gasteiger partial charge on any atom is 0.300 e. The van der Waals surface area contributed by atoms with Crippen molar-refractivity contribution in [2.24, 2.45) is 0 Å². The van der Waals surface area contributed by atoms with E-state index in [-0.39, 0.29) is 11.3 Å².